The number of benzene rings is 2. The van der Waals surface area contributed by atoms with Crippen LogP contribution in [0.5, 0.6) is 0 Å². The third kappa shape index (κ3) is 2.56. The monoisotopic (exact) mass is 489 g/mol. The zero-order valence-electron chi connectivity index (χ0n) is 17.8. The Morgan fingerprint density at radius 1 is 0.969 bits per heavy atom. The Bertz CT molecular complexity index is 1190. The van der Waals surface area contributed by atoms with Crippen molar-refractivity contribution in [3.8, 4) is 18.2 Å². The van der Waals surface area contributed by atoms with Crippen molar-refractivity contribution >= 4 is 27.5 Å². The summed E-state index contributed by atoms with van der Waals surface area (Å²) in [4.78, 5) is 1.93. The molecule has 0 saturated carbocycles. The molecule has 4 rings (SSSR count). The minimum Gasteiger partial charge on any atom is -0.443 e. The number of nitrogens with zero attached hydrogens (tertiary/aromatic N) is 4. The molecule has 32 heavy (non-hydrogen) atoms. The lowest BCUT2D eigenvalue weighted by atomic mass is 9.53. The van der Waals surface area contributed by atoms with Crippen LogP contribution in [0.25, 0.3) is 0 Å². The van der Waals surface area contributed by atoms with E-state index in [1.54, 1.807) is 31.2 Å². The lowest BCUT2D eigenvalue weighted by molar-refractivity contribution is -0.288. The summed E-state index contributed by atoms with van der Waals surface area (Å²) in [5, 5.41) is 39.6. The van der Waals surface area contributed by atoms with Crippen molar-refractivity contribution < 1.29 is 9.47 Å². The van der Waals surface area contributed by atoms with E-state index in [0.29, 0.717) is 11.1 Å². The van der Waals surface area contributed by atoms with Crippen LogP contribution in [0.4, 0.5) is 5.69 Å². The number of hydrogen-bond donors (Lipinski definition) is 1. The van der Waals surface area contributed by atoms with Crippen molar-refractivity contribution in [3.05, 3.63) is 64.1 Å². The molecule has 0 aliphatic carbocycles. The first kappa shape index (κ1) is 21.8. The van der Waals surface area contributed by atoms with E-state index in [-0.39, 0.29) is 0 Å². The van der Waals surface area contributed by atoms with E-state index in [0.717, 1.165) is 10.2 Å². The summed E-state index contributed by atoms with van der Waals surface area (Å²) in [7, 11) is 3.82. The Balaban J connectivity index is 1.99. The Labute approximate surface area is 195 Å². The van der Waals surface area contributed by atoms with Crippen LogP contribution in [0.3, 0.4) is 0 Å². The van der Waals surface area contributed by atoms with Gasteiger partial charge in [0.05, 0.1) is 24.1 Å². The Morgan fingerprint density at radius 3 is 2.06 bits per heavy atom. The zero-order valence-corrected chi connectivity index (χ0v) is 19.3. The highest BCUT2D eigenvalue weighted by Crippen LogP contribution is 2.68. The Kier molecular flexibility index (Phi) is 5.01. The average molecular weight is 490 g/mol. The van der Waals surface area contributed by atoms with Crippen LogP contribution in [0.2, 0.25) is 0 Å². The number of anilines is 1. The van der Waals surface area contributed by atoms with Gasteiger partial charge in [-0.05, 0) is 29.8 Å². The van der Waals surface area contributed by atoms with Gasteiger partial charge in [-0.15, -0.1) is 0 Å². The number of rotatable bonds is 3. The maximum atomic E-state index is 10.4. The third-order valence-corrected chi connectivity index (χ3v) is 7.16. The quantitative estimate of drug-likeness (QED) is 0.671. The Hall–Kier alpha value is -3.38. The molecule has 2 fully saturated rings. The first-order valence-corrected chi connectivity index (χ1v) is 10.7. The minimum atomic E-state index is -1.98. The van der Waals surface area contributed by atoms with E-state index in [1.165, 1.54) is 0 Å². The van der Waals surface area contributed by atoms with Crippen LogP contribution in [0.1, 0.15) is 24.2 Å². The van der Waals surface area contributed by atoms with Gasteiger partial charge in [0.2, 0.25) is 17.1 Å². The Morgan fingerprint density at radius 2 is 1.56 bits per heavy atom. The van der Waals surface area contributed by atoms with Crippen molar-refractivity contribution in [1.29, 1.82) is 21.2 Å². The highest BCUT2D eigenvalue weighted by atomic mass is 79.9. The molecule has 7 nitrogen and oxygen atoms in total. The van der Waals surface area contributed by atoms with Crippen LogP contribution in [-0.4, -0.2) is 20.0 Å². The van der Waals surface area contributed by atoms with Gasteiger partial charge in [-0.25, -0.2) is 0 Å². The lowest BCUT2D eigenvalue weighted by Gasteiger charge is -2.48. The minimum absolute atomic E-state index is 0.425. The van der Waals surface area contributed by atoms with Crippen LogP contribution in [0.15, 0.2) is 53.0 Å². The van der Waals surface area contributed by atoms with Gasteiger partial charge in [-0.2, -0.15) is 15.8 Å². The summed E-state index contributed by atoms with van der Waals surface area (Å²) in [5.74, 6) is -2.70. The second kappa shape index (κ2) is 7.35. The standard InChI is InChI=1S/C24H20BrN5O2/c1-15-23(14-28)21(29)32-24(15,17-6-8-18(25)9-7-17)31-20(22(23,12-26)13-27)16-4-10-19(11-5-16)30(2)3/h4-11,15,20,29H,1-3H3. The van der Waals surface area contributed by atoms with E-state index in [4.69, 9.17) is 14.9 Å². The molecule has 0 amide bonds. The molecule has 0 aromatic heterocycles. The fourth-order valence-corrected chi connectivity index (χ4v) is 5.06. The number of ether oxygens (including phenoxy) is 2. The van der Waals surface area contributed by atoms with Crippen LogP contribution in [0, 0.1) is 56.2 Å². The van der Waals surface area contributed by atoms with E-state index < -0.39 is 34.5 Å². The summed E-state index contributed by atoms with van der Waals surface area (Å²) < 4.78 is 13.3. The van der Waals surface area contributed by atoms with Crippen LogP contribution < -0.4 is 4.90 Å². The van der Waals surface area contributed by atoms with Crippen molar-refractivity contribution in [3.63, 3.8) is 0 Å². The van der Waals surface area contributed by atoms with E-state index >= 15 is 0 Å². The number of halogens is 1. The number of fused-ring (bicyclic) bond motifs is 2. The smallest absolute Gasteiger partial charge is 0.244 e. The number of nitriles is 3. The van der Waals surface area contributed by atoms with E-state index in [1.807, 2.05) is 43.3 Å². The summed E-state index contributed by atoms with van der Waals surface area (Å²) in [6.45, 7) is 1.70. The molecule has 2 aromatic rings. The zero-order chi connectivity index (χ0) is 23.3. The third-order valence-electron chi connectivity index (χ3n) is 6.63. The molecule has 1 N–H and O–H groups in total. The van der Waals surface area contributed by atoms with E-state index in [9.17, 15) is 15.8 Å². The first-order valence-electron chi connectivity index (χ1n) is 9.95. The molecule has 2 aliphatic rings. The molecule has 2 aliphatic heterocycles. The molecule has 2 aromatic carbocycles. The normalized spacial score (nSPS) is 29.8. The molecule has 0 spiro atoms. The van der Waals surface area contributed by atoms with Crippen molar-refractivity contribution in [2.24, 2.45) is 16.7 Å². The SMILES string of the molecule is CC1C2(c3ccc(Br)cc3)OC(=N)C1(C#N)C(C#N)(C#N)C(c1ccc(N(C)C)cc1)O2. The predicted octanol–water partition coefficient (Wildman–Crippen LogP) is 4.63. The summed E-state index contributed by atoms with van der Waals surface area (Å²) in [5.41, 5.74) is -1.69. The first-order chi connectivity index (χ1) is 15.2. The average Bonchev–Trinajstić information content (AvgIpc) is 2.96. The number of nitrogens with one attached hydrogen (secondary N) is 1. The van der Waals surface area contributed by atoms with Gasteiger partial charge in [-0.1, -0.05) is 47.1 Å². The molecule has 160 valence electrons. The summed E-state index contributed by atoms with van der Waals surface area (Å²) in [6.07, 6.45) is -1.11. The summed E-state index contributed by atoms with van der Waals surface area (Å²) >= 11 is 3.41. The van der Waals surface area contributed by atoms with Crippen molar-refractivity contribution in [1.82, 2.24) is 0 Å². The van der Waals surface area contributed by atoms with Crippen molar-refractivity contribution in [2.45, 2.75) is 18.8 Å². The maximum Gasteiger partial charge on any atom is 0.244 e. The molecular formula is C24H20BrN5O2. The molecule has 4 atom stereocenters. The second-order valence-electron chi connectivity index (χ2n) is 8.26. The number of hydrogen-bond acceptors (Lipinski definition) is 7. The second-order valence-corrected chi connectivity index (χ2v) is 9.18. The highest BCUT2D eigenvalue weighted by Gasteiger charge is 2.79. The van der Waals surface area contributed by atoms with Crippen LogP contribution >= 0.6 is 15.9 Å². The van der Waals surface area contributed by atoms with Gasteiger partial charge in [0.25, 0.3) is 0 Å². The summed E-state index contributed by atoms with van der Waals surface area (Å²) in [6, 6.07) is 20.8. The highest BCUT2D eigenvalue weighted by molar-refractivity contribution is 9.10. The molecule has 0 radical (unpaired) electrons. The van der Waals surface area contributed by atoms with Gasteiger partial charge in [-0.3, -0.25) is 5.41 Å². The van der Waals surface area contributed by atoms with Crippen molar-refractivity contribution in [2.75, 3.05) is 19.0 Å². The maximum absolute atomic E-state index is 10.4. The molecule has 4 unspecified atom stereocenters. The largest absolute Gasteiger partial charge is 0.443 e. The molecule has 2 saturated heterocycles. The molecular weight excluding hydrogens is 470 g/mol. The van der Waals surface area contributed by atoms with Crippen LogP contribution in [-0.2, 0) is 15.3 Å². The van der Waals surface area contributed by atoms with Gasteiger partial charge in [0.15, 0.2) is 5.41 Å². The lowest BCUT2D eigenvalue weighted by Crippen LogP contribution is -2.57. The van der Waals surface area contributed by atoms with Gasteiger partial charge in [0, 0.05) is 29.8 Å². The fourth-order valence-electron chi connectivity index (χ4n) is 4.80. The van der Waals surface area contributed by atoms with Gasteiger partial charge >= 0.3 is 0 Å². The predicted molar refractivity (Wildman–Crippen MR) is 120 cm³/mol. The molecule has 2 heterocycles. The van der Waals surface area contributed by atoms with Gasteiger partial charge in [0.1, 0.15) is 6.10 Å². The van der Waals surface area contributed by atoms with Gasteiger partial charge < -0.3 is 14.4 Å². The van der Waals surface area contributed by atoms with E-state index in [2.05, 4.69) is 34.1 Å². The topological polar surface area (TPSA) is 117 Å². The fraction of sp³-hybridized carbons (Fsp3) is 0.333. The molecule has 8 heteroatoms. The molecule has 2 bridgehead atoms.